The second-order valence-electron chi connectivity index (χ2n) is 25.3. The summed E-state index contributed by atoms with van der Waals surface area (Å²) in [6.07, 6.45) is 2.95. The molecule has 23 nitrogen and oxygen atoms in total. The smallest absolute Gasteiger partial charge is 0.408 e. The normalized spacial score (nSPS) is 14.1. The summed E-state index contributed by atoms with van der Waals surface area (Å²) in [7, 11) is 0. The fourth-order valence-corrected chi connectivity index (χ4v) is 13.9. The van der Waals surface area contributed by atoms with Crippen molar-refractivity contribution in [2.75, 3.05) is 32.0 Å². The summed E-state index contributed by atoms with van der Waals surface area (Å²) >= 11 is 3.08. The van der Waals surface area contributed by atoms with Gasteiger partial charge in [0, 0.05) is 60.9 Å². The molecule has 0 aliphatic heterocycles. The lowest BCUT2D eigenvalue weighted by molar-refractivity contribution is -0.136. The van der Waals surface area contributed by atoms with E-state index in [0.717, 1.165) is 65.7 Å². The summed E-state index contributed by atoms with van der Waals surface area (Å²) in [5.74, 6) is -4.68. The maximum absolute atomic E-state index is 14.9. The summed E-state index contributed by atoms with van der Waals surface area (Å²) < 4.78 is 16.0. The molecule has 0 aromatic heterocycles. The van der Waals surface area contributed by atoms with Crippen LogP contribution in [-0.4, -0.2) is 132 Å². The van der Waals surface area contributed by atoms with Crippen LogP contribution in [0.15, 0.2) is 176 Å². The molecule has 1 fully saturated rings. The van der Waals surface area contributed by atoms with Crippen LogP contribution in [0.2, 0.25) is 0 Å². The summed E-state index contributed by atoms with van der Waals surface area (Å²) in [5, 5.41) is 24.8. The molecule has 6 aromatic rings. The molecule has 102 heavy (non-hydrogen) atoms. The van der Waals surface area contributed by atoms with E-state index in [1.54, 1.807) is 86.3 Å². The Morgan fingerprint density at radius 1 is 0.461 bits per heavy atom. The number of rotatable bonds is 41. The van der Waals surface area contributed by atoms with Gasteiger partial charge in [0.2, 0.25) is 47.3 Å². The van der Waals surface area contributed by atoms with E-state index in [0.29, 0.717) is 23.7 Å². The number of primary amides is 1. The van der Waals surface area contributed by atoms with Gasteiger partial charge in [-0.25, -0.2) is 9.59 Å². The van der Waals surface area contributed by atoms with Crippen molar-refractivity contribution in [3.8, 4) is 5.75 Å². The van der Waals surface area contributed by atoms with Crippen LogP contribution in [0.3, 0.4) is 0 Å². The third kappa shape index (κ3) is 28.6. The third-order valence-electron chi connectivity index (χ3n) is 16.9. The van der Waals surface area contributed by atoms with E-state index in [1.807, 2.05) is 110 Å². The van der Waals surface area contributed by atoms with Crippen molar-refractivity contribution in [1.82, 2.24) is 47.9 Å². The zero-order valence-corrected chi connectivity index (χ0v) is 59.8. The quantitative estimate of drug-likeness (QED) is 0.0162. The van der Waals surface area contributed by atoms with Crippen LogP contribution >= 0.6 is 23.5 Å². The lowest BCUT2D eigenvalue weighted by Gasteiger charge is -2.37. The molecule has 0 bridgehead atoms. The highest BCUT2D eigenvalue weighted by molar-refractivity contribution is 8.00. The molecule has 10 amide bonds. The van der Waals surface area contributed by atoms with E-state index in [4.69, 9.17) is 19.9 Å². The Hall–Kier alpha value is -9.88. The van der Waals surface area contributed by atoms with Crippen LogP contribution in [0.25, 0.3) is 0 Å². The molecule has 1 aliphatic carbocycles. The summed E-state index contributed by atoms with van der Waals surface area (Å²) in [6, 6.07) is 45.8. The van der Waals surface area contributed by atoms with Gasteiger partial charge < -0.3 is 67.8 Å². The van der Waals surface area contributed by atoms with Gasteiger partial charge in [0.25, 0.3) is 0 Å². The van der Waals surface area contributed by atoms with Gasteiger partial charge >= 0.3 is 12.2 Å². The van der Waals surface area contributed by atoms with E-state index in [2.05, 4.69) is 60.0 Å². The minimum Gasteiger partial charge on any atom is -0.494 e. The standard InChI is InChI=1S/C77H96N10O13S2/c1-4-98-60-37-35-55(36-38-60)45-62(82-67(89)47-77(39-21-10-22-40-77)102-51-59-32-19-9-20-33-59)71(92)83-63(44-54-24-11-5-12-25-54)73(94)87-68(53(2)3)74(95)84-64(46-66(78)88)72(93)85-65(52-101-50-58-30-17-8-18-31-58)70(91)80-43-42-79-69(90)61(86-76(97)100-49-57-28-15-7-16-29-57)34-23-41-81-75(96)99-48-56-26-13-6-14-27-56/h5-9,11-20,24-33,35-38,53,61-65,68H,4,10,21-23,34,39-52H2,1-3H3,(H2,78,88)(H,79,90)(H,80,91)(H,81,96)(H,82,89)(H,83,92)(H,84,95)(H,85,93)(H,86,97)(H,87,94)/t61-,62+,63-,64-,65-,68-/m0/s1. The van der Waals surface area contributed by atoms with Crippen molar-refractivity contribution in [1.29, 1.82) is 0 Å². The summed E-state index contributed by atoms with van der Waals surface area (Å²) in [5.41, 5.74) is 10.7. The number of hydrogen-bond donors (Lipinski definition) is 10. The number of hydrogen-bond acceptors (Lipinski definition) is 15. The molecule has 6 atom stereocenters. The molecule has 0 saturated heterocycles. The zero-order chi connectivity index (χ0) is 72.9. The Morgan fingerprint density at radius 3 is 1.48 bits per heavy atom. The topological polar surface area (TPSA) is 333 Å². The second kappa shape index (κ2) is 43.0. The van der Waals surface area contributed by atoms with E-state index in [1.165, 1.54) is 11.8 Å². The summed E-state index contributed by atoms with van der Waals surface area (Å²) in [4.78, 5) is 139. The number of thioether (sulfide) groups is 2. The van der Waals surface area contributed by atoms with Gasteiger partial charge in [0.15, 0.2) is 0 Å². The van der Waals surface area contributed by atoms with Crippen molar-refractivity contribution in [2.24, 2.45) is 11.7 Å². The summed E-state index contributed by atoms with van der Waals surface area (Å²) in [6.45, 7) is 5.44. The van der Waals surface area contributed by atoms with Gasteiger partial charge in [-0.1, -0.05) is 197 Å². The van der Waals surface area contributed by atoms with Gasteiger partial charge in [-0.3, -0.25) is 38.4 Å². The van der Waals surface area contributed by atoms with E-state index >= 15 is 0 Å². The molecule has 0 spiro atoms. The molecule has 0 radical (unpaired) electrons. The highest BCUT2D eigenvalue weighted by Crippen LogP contribution is 2.44. The van der Waals surface area contributed by atoms with Crippen LogP contribution in [0.4, 0.5) is 9.59 Å². The first-order chi connectivity index (χ1) is 49.3. The maximum atomic E-state index is 14.9. The van der Waals surface area contributed by atoms with Gasteiger partial charge in [-0.05, 0) is 84.0 Å². The Labute approximate surface area is 605 Å². The Kier molecular flexibility index (Phi) is 33.5. The van der Waals surface area contributed by atoms with Crippen molar-refractivity contribution < 1.29 is 62.2 Å². The molecule has 6 aromatic carbocycles. The highest BCUT2D eigenvalue weighted by Gasteiger charge is 2.38. The fraction of sp³-hybridized carbons (Fsp3) is 0.403. The Bertz CT molecular complexity index is 3620. The number of alkyl carbamates (subject to hydrolysis) is 2. The van der Waals surface area contributed by atoms with Gasteiger partial charge in [0.05, 0.1) is 13.0 Å². The predicted molar refractivity (Wildman–Crippen MR) is 394 cm³/mol. The first-order valence-electron chi connectivity index (χ1n) is 34.7. The highest BCUT2D eigenvalue weighted by atomic mass is 32.2. The van der Waals surface area contributed by atoms with Gasteiger partial charge in [-0.15, -0.1) is 11.8 Å². The van der Waals surface area contributed by atoms with Crippen LogP contribution in [0, 0.1) is 5.92 Å². The number of nitrogens with one attached hydrogen (secondary N) is 9. The minimum atomic E-state index is -1.66. The Balaban J connectivity index is 1.02. The SMILES string of the molecule is CCOc1ccc(C[C@@H](NC(=O)CC2(SCc3ccccc3)CCCCC2)C(=O)N[C@@H](Cc2ccccc2)C(=O)N[C@H](C(=O)N[C@@H](CC(N)=O)C(=O)N[C@@H](CSCc2ccccc2)C(=O)NCCNC(=O)[C@H](CCCNC(=O)OCc2ccccc2)NC(=O)OCc2ccccc2)C(C)C)cc1. The lowest BCUT2D eigenvalue weighted by atomic mass is 9.85. The van der Waals surface area contributed by atoms with Crippen LogP contribution in [0.1, 0.15) is 112 Å². The van der Waals surface area contributed by atoms with Crippen LogP contribution in [-0.2, 0) is 85.4 Å². The van der Waals surface area contributed by atoms with E-state index < -0.39 is 102 Å². The molecule has 25 heteroatoms. The van der Waals surface area contributed by atoms with Gasteiger partial charge in [0.1, 0.15) is 55.2 Å². The molecule has 1 aliphatic rings. The molecular formula is C77H96N10O13S2. The number of carbonyl (C=O) groups excluding carboxylic acids is 10. The molecule has 0 heterocycles. The number of benzene rings is 6. The first-order valence-corrected chi connectivity index (χ1v) is 36.8. The van der Waals surface area contributed by atoms with E-state index in [9.17, 15) is 47.9 Å². The predicted octanol–water partition coefficient (Wildman–Crippen LogP) is 8.02. The third-order valence-corrected chi connectivity index (χ3v) is 19.6. The molecular weight excluding hydrogens is 1340 g/mol. The average Bonchev–Trinajstić information content (AvgIpc) is 0.831. The average molecular weight is 1430 g/mol. The van der Waals surface area contributed by atoms with Crippen LogP contribution < -0.4 is 58.3 Å². The molecule has 0 unspecified atom stereocenters. The minimum absolute atomic E-state index is 0.000473. The molecule has 11 N–H and O–H groups in total. The number of carbonyl (C=O) groups is 10. The van der Waals surface area contributed by atoms with Crippen molar-refractivity contribution in [3.05, 3.63) is 209 Å². The van der Waals surface area contributed by atoms with Gasteiger partial charge in [-0.2, -0.15) is 11.8 Å². The number of amides is 10. The first kappa shape index (κ1) is 79.4. The van der Waals surface area contributed by atoms with E-state index in [-0.39, 0.29) is 81.4 Å². The van der Waals surface area contributed by atoms with Crippen LogP contribution in [0.5, 0.6) is 5.75 Å². The lowest BCUT2D eigenvalue weighted by Crippen LogP contribution is -2.61. The Morgan fingerprint density at radius 2 is 0.931 bits per heavy atom. The van der Waals surface area contributed by atoms with Crippen molar-refractivity contribution in [2.45, 2.75) is 157 Å². The second-order valence-corrected chi connectivity index (χ2v) is 27.8. The zero-order valence-electron chi connectivity index (χ0n) is 58.1. The maximum Gasteiger partial charge on any atom is 0.408 e. The number of ether oxygens (including phenoxy) is 3. The monoisotopic (exact) mass is 1430 g/mol. The molecule has 544 valence electrons. The van der Waals surface area contributed by atoms with Crippen molar-refractivity contribution >= 4 is 83.0 Å². The molecule has 7 rings (SSSR count). The fourth-order valence-electron chi connectivity index (χ4n) is 11.4. The number of nitrogens with two attached hydrogens (primary N) is 1. The molecule has 1 saturated carbocycles. The van der Waals surface area contributed by atoms with Crippen molar-refractivity contribution in [3.63, 3.8) is 0 Å². The largest absolute Gasteiger partial charge is 0.494 e.